The van der Waals surface area contributed by atoms with Gasteiger partial charge in [0.05, 0.1) is 18.5 Å². The Hall–Kier alpha value is -2.01. The summed E-state index contributed by atoms with van der Waals surface area (Å²) in [5, 5.41) is 0. The highest BCUT2D eigenvalue weighted by Crippen LogP contribution is 2.41. The van der Waals surface area contributed by atoms with E-state index in [0.717, 1.165) is 55.4 Å². The predicted molar refractivity (Wildman–Crippen MR) is 97.3 cm³/mol. The lowest BCUT2D eigenvalue weighted by atomic mass is 9.82. The molecule has 1 saturated carbocycles. The van der Waals surface area contributed by atoms with Crippen LogP contribution in [0.2, 0.25) is 0 Å². The van der Waals surface area contributed by atoms with Crippen LogP contribution in [0.3, 0.4) is 0 Å². The number of fused-ring (bicyclic) bond motifs is 1. The zero-order valence-electron chi connectivity index (χ0n) is 14.8. The second-order valence-electron chi connectivity index (χ2n) is 7.40. The molecule has 2 aliphatic heterocycles. The lowest BCUT2D eigenvalue weighted by Gasteiger charge is -2.44. The van der Waals surface area contributed by atoms with Gasteiger partial charge in [-0.05, 0) is 31.9 Å². The van der Waals surface area contributed by atoms with Crippen molar-refractivity contribution in [3.63, 3.8) is 0 Å². The number of carbonyl (C=O) groups excluding carboxylic acids is 1. The SMILES string of the molecule is CC(=O)/C=C/CN=C1CC2(CCN(C3CC3)CC2)Oc2cnccc21. The number of pyridine rings is 1. The van der Waals surface area contributed by atoms with Gasteiger partial charge in [-0.25, -0.2) is 0 Å². The highest BCUT2D eigenvalue weighted by molar-refractivity contribution is 6.04. The number of hydrogen-bond acceptors (Lipinski definition) is 5. The number of aromatic nitrogens is 1. The number of allylic oxidation sites excluding steroid dienone is 1. The van der Waals surface area contributed by atoms with E-state index in [2.05, 4.69) is 9.88 Å². The van der Waals surface area contributed by atoms with Crippen molar-refractivity contribution >= 4 is 11.5 Å². The number of ether oxygens (including phenoxy) is 1. The highest BCUT2D eigenvalue weighted by Gasteiger charge is 2.44. The average Bonchev–Trinajstić information content (AvgIpc) is 3.44. The van der Waals surface area contributed by atoms with Crippen LogP contribution in [0.4, 0.5) is 0 Å². The maximum Gasteiger partial charge on any atom is 0.152 e. The molecule has 1 aromatic heterocycles. The molecule has 1 aromatic rings. The molecule has 3 heterocycles. The van der Waals surface area contributed by atoms with Crippen LogP contribution in [0.15, 0.2) is 35.6 Å². The molecule has 0 unspecified atom stereocenters. The van der Waals surface area contributed by atoms with Gasteiger partial charge in [-0.3, -0.25) is 14.8 Å². The van der Waals surface area contributed by atoms with Gasteiger partial charge < -0.3 is 9.64 Å². The molecule has 0 radical (unpaired) electrons. The fraction of sp³-hybridized carbons (Fsp3) is 0.550. The molecule has 1 aliphatic carbocycles. The molecule has 3 aliphatic rings. The summed E-state index contributed by atoms with van der Waals surface area (Å²) in [4.78, 5) is 22.7. The first-order chi connectivity index (χ1) is 12.2. The molecular weight excluding hydrogens is 314 g/mol. The minimum atomic E-state index is -0.148. The van der Waals surface area contributed by atoms with Crippen molar-refractivity contribution in [2.24, 2.45) is 4.99 Å². The van der Waals surface area contributed by atoms with Gasteiger partial charge >= 0.3 is 0 Å². The van der Waals surface area contributed by atoms with Gasteiger partial charge in [0.15, 0.2) is 5.78 Å². The standard InChI is InChI=1S/C20H25N3O2/c1-15(24)3-2-9-22-18-13-20(25-19-14-21-10-6-17(18)19)7-11-23(12-8-20)16-4-5-16/h2-3,6,10,14,16H,4-5,7-9,11-13H2,1H3/b3-2+,22-18?. The Morgan fingerprint density at radius 2 is 2.24 bits per heavy atom. The topological polar surface area (TPSA) is 54.8 Å². The van der Waals surface area contributed by atoms with Crippen LogP contribution in [0, 0.1) is 0 Å². The smallest absolute Gasteiger partial charge is 0.152 e. The third-order valence-electron chi connectivity index (χ3n) is 5.42. The minimum Gasteiger partial charge on any atom is -0.484 e. The zero-order valence-corrected chi connectivity index (χ0v) is 14.8. The number of piperidine rings is 1. The third-order valence-corrected chi connectivity index (χ3v) is 5.42. The molecule has 5 nitrogen and oxygen atoms in total. The second kappa shape index (κ2) is 6.71. The summed E-state index contributed by atoms with van der Waals surface area (Å²) in [6.45, 7) is 4.30. The van der Waals surface area contributed by atoms with E-state index in [4.69, 9.17) is 9.73 Å². The van der Waals surface area contributed by atoms with Crippen molar-refractivity contribution in [2.75, 3.05) is 19.6 Å². The third kappa shape index (κ3) is 3.66. The number of likely N-dealkylation sites (tertiary alicyclic amines) is 1. The van der Waals surface area contributed by atoms with Crippen LogP contribution in [0.5, 0.6) is 5.75 Å². The first-order valence-corrected chi connectivity index (χ1v) is 9.23. The first-order valence-electron chi connectivity index (χ1n) is 9.23. The van der Waals surface area contributed by atoms with Gasteiger partial charge in [0.25, 0.3) is 0 Å². The van der Waals surface area contributed by atoms with Crippen molar-refractivity contribution in [1.29, 1.82) is 0 Å². The van der Waals surface area contributed by atoms with E-state index in [-0.39, 0.29) is 11.4 Å². The van der Waals surface area contributed by atoms with Crippen molar-refractivity contribution in [3.8, 4) is 5.75 Å². The van der Waals surface area contributed by atoms with Gasteiger partial charge in [0, 0.05) is 50.2 Å². The number of nitrogens with zero attached hydrogens (tertiary/aromatic N) is 3. The molecule has 0 aromatic carbocycles. The summed E-state index contributed by atoms with van der Waals surface area (Å²) in [7, 11) is 0. The lowest BCUT2D eigenvalue weighted by molar-refractivity contribution is -0.112. The summed E-state index contributed by atoms with van der Waals surface area (Å²) in [6, 6.07) is 2.80. The summed E-state index contributed by atoms with van der Waals surface area (Å²) in [6.07, 6.45) is 12.7. The van der Waals surface area contributed by atoms with E-state index in [9.17, 15) is 4.79 Å². The number of ketones is 1. The molecular formula is C20H25N3O2. The predicted octanol–water partition coefficient (Wildman–Crippen LogP) is 2.80. The summed E-state index contributed by atoms with van der Waals surface area (Å²) < 4.78 is 6.44. The van der Waals surface area contributed by atoms with Crippen LogP contribution >= 0.6 is 0 Å². The second-order valence-corrected chi connectivity index (χ2v) is 7.40. The van der Waals surface area contributed by atoms with Crippen LogP contribution < -0.4 is 4.74 Å². The lowest BCUT2D eigenvalue weighted by Crippen LogP contribution is -2.51. The van der Waals surface area contributed by atoms with Crippen LogP contribution in [-0.2, 0) is 4.79 Å². The van der Waals surface area contributed by atoms with E-state index in [0.29, 0.717) is 6.54 Å². The van der Waals surface area contributed by atoms with Crippen molar-refractivity contribution in [3.05, 3.63) is 36.2 Å². The fourth-order valence-corrected chi connectivity index (χ4v) is 3.91. The molecule has 5 heteroatoms. The number of hydrogen-bond donors (Lipinski definition) is 0. The van der Waals surface area contributed by atoms with Crippen molar-refractivity contribution in [2.45, 2.75) is 50.7 Å². The Morgan fingerprint density at radius 1 is 1.44 bits per heavy atom. The molecule has 132 valence electrons. The normalized spacial score (nSPS) is 24.4. The molecule has 1 saturated heterocycles. The zero-order chi connectivity index (χ0) is 17.3. The van der Waals surface area contributed by atoms with Crippen LogP contribution in [0.25, 0.3) is 0 Å². The van der Waals surface area contributed by atoms with Gasteiger partial charge in [-0.15, -0.1) is 0 Å². The van der Waals surface area contributed by atoms with Crippen molar-refractivity contribution in [1.82, 2.24) is 9.88 Å². The number of rotatable bonds is 4. The molecule has 0 N–H and O–H groups in total. The Labute approximate surface area is 148 Å². The molecule has 0 atom stereocenters. The maximum absolute atomic E-state index is 11.1. The van der Waals surface area contributed by atoms with E-state index in [1.807, 2.05) is 18.3 Å². The average molecular weight is 339 g/mol. The largest absolute Gasteiger partial charge is 0.484 e. The number of aliphatic imine (C=N–C) groups is 1. The molecule has 2 fully saturated rings. The van der Waals surface area contributed by atoms with Crippen LogP contribution in [0.1, 0.15) is 44.6 Å². The van der Waals surface area contributed by atoms with E-state index < -0.39 is 0 Å². The summed E-state index contributed by atoms with van der Waals surface area (Å²) in [5.41, 5.74) is 1.98. The van der Waals surface area contributed by atoms with Gasteiger partial charge in [0.2, 0.25) is 0 Å². The summed E-state index contributed by atoms with van der Waals surface area (Å²) in [5.74, 6) is 0.906. The van der Waals surface area contributed by atoms with Gasteiger partial charge in [-0.1, -0.05) is 6.08 Å². The Bertz CT molecular complexity index is 713. The van der Waals surface area contributed by atoms with E-state index >= 15 is 0 Å². The molecule has 0 amide bonds. The minimum absolute atomic E-state index is 0.0562. The van der Waals surface area contributed by atoms with E-state index in [1.54, 1.807) is 19.2 Å². The Kier molecular flexibility index (Phi) is 4.42. The fourth-order valence-electron chi connectivity index (χ4n) is 3.91. The van der Waals surface area contributed by atoms with E-state index in [1.165, 1.54) is 12.8 Å². The first kappa shape index (κ1) is 16.5. The summed E-state index contributed by atoms with van der Waals surface area (Å²) >= 11 is 0. The monoisotopic (exact) mass is 339 g/mol. The molecule has 0 bridgehead atoms. The molecule has 25 heavy (non-hydrogen) atoms. The Balaban J connectivity index is 1.54. The highest BCUT2D eigenvalue weighted by atomic mass is 16.5. The maximum atomic E-state index is 11.1. The van der Waals surface area contributed by atoms with Gasteiger partial charge in [-0.2, -0.15) is 0 Å². The van der Waals surface area contributed by atoms with Crippen LogP contribution in [-0.4, -0.2) is 52.7 Å². The number of carbonyl (C=O) groups is 1. The molecule has 4 rings (SSSR count). The van der Waals surface area contributed by atoms with Crippen molar-refractivity contribution < 1.29 is 9.53 Å². The Morgan fingerprint density at radius 3 is 2.96 bits per heavy atom. The molecule has 1 spiro atoms. The quantitative estimate of drug-likeness (QED) is 0.792. The van der Waals surface area contributed by atoms with Gasteiger partial charge in [0.1, 0.15) is 11.4 Å².